The molecule has 4 aliphatic rings. The van der Waals surface area contributed by atoms with Gasteiger partial charge in [0.1, 0.15) is 0 Å². The van der Waals surface area contributed by atoms with Crippen LogP contribution in [0.25, 0.3) is 0 Å². The third-order valence-corrected chi connectivity index (χ3v) is 9.07. The Labute approximate surface area is 188 Å². The van der Waals surface area contributed by atoms with Crippen molar-refractivity contribution in [1.29, 1.82) is 0 Å². The molecule has 1 saturated heterocycles. The number of hydrogen-bond acceptors (Lipinski definition) is 2. The van der Waals surface area contributed by atoms with Gasteiger partial charge in [-0.25, -0.2) is 4.79 Å². The third kappa shape index (κ3) is 3.69. The molecule has 3 aliphatic carbocycles. The standard InChI is InChI=1S/C27H41N3O/c1-18(2)30(19(3)4)26(31)28-24-17-27(23-8-6-5-7-22(23)24)11-13-29(14-12-27)25-16-20-9-10-21(25)15-20/h5-8,18-21,24-25H,9-17H2,1-4H3,(H,28,31)/t20?,21-,24+,25?/m1/s1. The highest BCUT2D eigenvalue weighted by molar-refractivity contribution is 5.75. The van der Waals surface area contributed by atoms with E-state index in [4.69, 9.17) is 0 Å². The Hall–Kier alpha value is -1.55. The first-order valence-electron chi connectivity index (χ1n) is 12.8. The Balaban J connectivity index is 1.31. The molecule has 170 valence electrons. The molecule has 1 aromatic rings. The number of nitrogens with zero attached hydrogens (tertiary/aromatic N) is 2. The number of likely N-dealkylation sites (tertiary alicyclic amines) is 1. The summed E-state index contributed by atoms with van der Waals surface area (Å²) >= 11 is 0. The average molecular weight is 424 g/mol. The van der Waals surface area contributed by atoms with E-state index >= 15 is 0 Å². The topological polar surface area (TPSA) is 35.6 Å². The van der Waals surface area contributed by atoms with E-state index in [9.17, 15) is 4.79 Å². The Morgan fingerprint density at radius 1 is 1.06 bits per heavy atom. The van der Waals surface area contributed by atoms with Crippen molar-refractivity contribution in [3.05, 3.63) is 35.4 Å². The van der Waals surface area contributed by atoms with Crippen molar-refractivity contribution in [3.63, 3.8) is 0 Å². The van der Waals surface area contributed by atoms with E-state index in [1.165, 1.54) is 62.7 Å². The largest absolute Gasteiger partial charge is 0.331 e. The molecule has 2 amide bonds. The normalized spacial score (nSPS) is 31.5. The van der Waals surface area contributed by atoms with Crippen molar-refractivity contribution in [3.8, 4) is 0 Å². The lowest BCUT2D eigenvalue weighted by Gasteiger charge is -2.44. The molecule has 4 heteroatoms. The van der Waals surface area contributed by atoms with Gasteiger partial charge in [-0.2, -0.15) is 0 Å². The lowest BCUT2D eigenvalue weighted by molar-refractivity contribution is 0.0809. The van der Waals surface area contributed by atoms with Gasteiger partial charge in [-0.05, 0) is 102 Å². The smallest absolute Gasteiger partial charge is 0.318 e. The van der Waals surface area contributed by atoms with E-state index in [2.05, 4.69) is 62.2 Å². The molecule has 1 N–H and O–H groups in total. The van der Waals surface area contributed by atoms with Crippen LogP contribution in [-0.4, -0.2) is 47.0 Å². The van der Waals surface area contributed by atoms with Crippen LogP contribution in [0, 0.1) is 11.8 Å². The van der Waals surface area contributed by atoms with Crippen LogP contribution >= 0.6 is 0 Å². The predicted molar refractivity (Wildman–Crippen MR) is 126 cm³/mol. The highest BCUT2D eigenvalue weighted by Gasteiger charge is 2.49. The first-order chi connectivity index (χ1) is 14.9. The summed E-state index contributed by atoms with van der Waals surface area (Å²) in [5.74, 6) is 1.99. The SMILES string of the molecule is CC(C)N(C(=O)N[C@H]1CC2(CCN(C3CC4CC[C@@H]3C4)CC2)c2ccccc21)C(C)C. The summed E-state index contributed by atoms with van der Waals surface area (Å²) in [6, 6.07) is 10.4. The zero-order valence-electron chi connectivity index (χ0n) is 19.9. The fourth-order valence-corrected chi connectivity index (χ4v) is 7.73. The van der Waals surface area contributed by atoms with E-state index < -0.39 is 0 Å². The molecule has 4 atom stereocenters. The van der Waals surface area contributed by atoms with Crippen LogP contribution in [0.15, 0.2) is 24.3 Å². The summed E-state index contributed by atoms with van der Waals surface area (Å²) < 4.78 is 0. The van der Waals surface area contributed by atoms with Crippen LogP contribution in [0.5, 0.6) is 0 Å². The van der Waals surface area contributed by atoms with Gasteiger partial charge in [-0.1, -0.05) is 30.7 Å². The van der Waals surface area contributed by atoms with E-state index in [0.717, 1.165) is 24.3 Å². The number of amides is 2. The molecule has 2 unspecified atom stereocenters. The number of fused-ring (bicyclic) bond motifs is 4. The number of carbonyl (C=O) groups excluding carboxylic acids is 1. The number of piperidine rings is 1. The van der Waals surface area contributed by atoms with E-state index in [1.54, 1.807) is 0 Å². The molecule has 3 fully saturated rings. The summed E-state index contributed by atoms with van der Waals surface area (Å²) in [4.78, 5) is 18.0. The van der Waals surface area contributed by atoms with Crippen LogP contribution in [0.2, 0.25) is 0 Å². The van der Waals surface area contributed by atoms with E-state index in [0.29, 0.717) is 0 Å². The summed E-state index contributed by atoms with van der Waals surface area (Å²) in [5, 5.41) is 3.43. The Morgan fingerprint density at radius 3 is 2.39 bits per heavy atom. The van der Waals surface area contributed by atoms with Gasteiger partial charge < -0.3 is 15.1 Å². The fourth-order valence-electron chi connectivity index (χ4n) is 7.73. The number of urea groups is 1. The highest BCUT2D eigenvalue weighted by Crippen LogP contribution is 2.53. The fraction of sp³-hybridized carbons (Fsp3) is 0.741. The summed E-state index contributed by atoms with van der Waals surface area (Å²) in [5.41, 5.74) is 3.11. The van der Waals surface area contributed by atoms with Crippen LogP contribution < -0.4 is 5.32 Å². The zero-order chi connectivity index (χ0) is 21.8. The lowest BCUT2D eigenvalue weighted by Crippen LogP contribution is -2.49. The van der Waals surface area contributed by atoms with Gasteiger partial charge in [0.15, 0.2) is 0 Å². The average Bonchev–Trinajstić information content (AvgIpc) is 3.43. The van der Waals surface area contributed by atoms with Crippen molar-refractivity contribution >= 4 is 6.03 Å². The Bertz CT molecular complexity index is 802. The summed E-state index contributed by atoms with van der Waals surface area (Å²) in [6.07, 6.45) is 9.43. The van der Waals surface area contributed by atoms with Gasteiger partial charge >= 0.3 is 6.03 Å². The van der Waals surface area contributed by atoms with Gasteiger partial charge in [0.05, 0.1) is 6.04 Å². The Kier molecular flexibility index (Phi) is 5.57. The molecule has 2 saturated carbocycles. The van der Waals surface area contributed by atoms with Crippen molar-refractivity contribution in [2.45, 2.75) is 102 Å². The van der Waals surface area contributed by atoms with Crippen molar-refractivity contribution in [2.24, 2.45) is 11.8 Å². The molecule has 0 radical (unpaired) electrons. The summed E-state index contributed by atoms with van der Waals surface area (Å²) in [6.45, 7) is 10.9. The minimum atomic E-state index is 0.0845. The first kappa shape index (κ1) is 21.3. The zero-order valence-corrected chi connectivity index (χ0v) is 19.9. The van der Waals surface area contributed by atoms with Gasteiger partial charge in [0.2, 0.25) is 0 Å². The van der Waals surface area contributed by atoms with Crippen LogP contribution in [0.4, 0.5) is 4.79 Å². The molecule has 4 nitrogen and oxygen atoms in total. The van der Waals surface area contributed by atoms with Crippen molar-refractivity contribution in [2.75, 3.05) is 13.1 Å². The Morgan fingerprint density at radius 2 is 1.77 bits per heavy atom. The monoisotopic (exact) mass is 423 g/mol. The van der Waals surface area contributed by atoms with E-state index in [-0.39, 0.29) is 29.6 Å². The molecule has 2 bridgehead atoms. The van der Waals surface area contributed by atoms with Gasteiger partial charge in [-0.15, -0.1) is 0 Å². The molecule has 31 heavy (non-hydrogen) atoms. The highest BCUT2D eigenvalue weighted by atomic mass is 16.2. The number of rotatable bonds is 4. The molecule has 0 aromatic heterocycles. The molecule has 5 rings (SSSR count). The molecule has 1 heterocycles. The van der Waals surface area contributed by atoms with Crippen molar-refractivity contribution < 1.29 is 4.79 Å². The number of benzene rings is 1. The number of hydrogen-bond donors (Lipinski definition) is 1. The second-order valence-corrected chi connectivity index (χ2v) is 11.4. The van der Waals surface area contributed by atoms with Crippen molar-refractivity contribution in [1.82, 2.24) is 15.1 Å². The quantitative estimate of drug-likeness (QED) is 0.696. The maximum absolute atomic E-state index is 13.2. The second-order valence-electron chi connectivity index (χ2n) is 11.4. The van der Waals surface area contributed by atoms with E-state index in [1.807, 2.05) is 4.90 Å². The number of nitrogens with one attached hydrogen (secondary N) is 1. The first-order valence-corrected chi connectivity index (χ1v) is 12.8. The van der Waals surface area contributed by atoms with Gasteiger partial charge in [0, 0.05) is 23.5 Å². The van der Waals surface area contributed by atoms with Gasteiger partial charge in [0.25, 0.3) is 0 Å². The van der Waals surface area contributed by atoms with Gasteiger partial charge in [-0.3, -0.25) is 0 Å². The second kappa shape index (κ2) is 8.10. The molecule has 1 aromatic carbocycles. The number of carbonyl (C=O) groups is 1. The molecule has 1 aliphatic heterocycles. The van der Waals surface area contributed by atoms with Crippen LogP contribution in [0.3, 0.4) is 0 Å². The van der Waals surface area contributed by atoms with Crippen LogP contribution in [-0.2, 0) is 5.41 Å². The lowest BCUT2D eigenvalue weighted by atomic mass is 9.73. The maximum Gasteiger partial charge on any atom is 0.318 e. The molecular formula is C27H41N3O. The summed E-state index contributed by atoms with van der Waals surface area (Å²) in [7, 11) is 0. The minimum Gasteiger partial charge on any atom is -0.331 e. The van der Waals surface area contributed by atoms with Crippen LogP contribution in [0.1, 0.15) is 89.8 Å². The maximum atomic E-state index is 13.2. The third-order valence-electron chi connectivity index (χ3n) is 9.07. The predicted octanol–water partition coefficient (Wildman–Crippen LogP) is 5.48. The molecular weight excluding hydrogens is 382 g/mol. The minimum absolute atomic E-state index is 0.0845. The molecule has 1 spiro atoms.